The number of nitrogens with zero attached hydrogens (tertiary/aromatic N) is 1. The summed E-state index contributed by atoms with van der Waals surface area (Å²) in [5, 5.41) is 0. The molecule has 0 aromatic heterocycles. The van der Waals surface area contributed by atoms with Crippen LogP contribution in [0.15, 0.2) is 84.9 Å². The predicted octanol–water partition coefficient (Wildman–Crippen LogP) is 4.31. The lowest BCUT2D eigenvalue weighted by atomic mass is 10.2. The molecule has 4 nitrogen and oxygen atoms in total. The second-order valence-electron chi connectivity index (χ2n) is 5.74. The van der Waals surface area contributed by atoms with Crippen molar-refractivity contribution in [1.82, 2.24) is 0 Å². The van der Waals surface area contributed by atoms with Crippen LogP contribution in [-0.4, -0.2) is 19.6 Å². The Balaban J connectivity index is 1.76. The molecule has 26 heavy (non-hydrogen) atoms. The van der Waals surface area contributed by atoms with Crippen molar-refractivity contribution in [2.24, 2.45) is 0 Å². The molecule has 0 aliphatic rings. The van der Waals surface area contributed by atoms with Crippen LogP contribution in [0.4, 0.5) is 5.69 Å². The molecule has 0 atom stereocenters. The van der Waals surface area contributed by atoms with Crippen LogP contribution in [0.5, 0.6) is 11.5 Å². The largest absolute Gasteiger partial charge is 0.493 e. The fourth-order valence-electron chi connectivity index (χ4n) is 2.65. The Morgan fingerprint density at radius 3 is 2.04 bits per heavy atom. The fraction of sp³-hybridized carbons (Fsp3) is 0.136. The van der Waals surface area contributed by atoms with Gasteiger partial charge < -0.3 is 14.4 Å². The molecule has 0 radical (unpaired) electrons. The lowest BCUT2D eigenvalue weighted by Gasteiger charge is -2.23. The Morgan fingerprint density at radius 2 is 1.38 bits per heavy atom. The van der Waals surface area contributed by atoms with Gasteiger partial charge in [0, 0.05) is 5.69 Å². The average Bonchev–Trinajstić information content (AvgIpc) is 2.72. The van der Waals surface area contributed by atoms with Crippen LogP contribution in [0.3, 0.4) is 0 Å². The first-order valence-corrected chi connectivity index (χ1v) is 8.43. The third kappa shape index (κ3) is 4.42. The second-order valence-corrected chi connectivity index (χ2v) is 5.74. The molecule has 4 heteroatoms. The lowest BCUT2D eigenvalue weighted by molar-refractivity contribution is -0.120. The summed E-state index contributed by atoms with van der Waals surface area (Å²) in [6.45, 7) is 0.418. The fourth-order valence-corrected chi connectivity index (χ4v) is 2.65. The molecule has 0 heterocycles. The smallest absolute Gasteiger partial charge is 0.265 e. The molecule has 0 fully saturated rings. The van der Waals surface area contributed by atoms with E-state index in [2.05, 4.69) is 0 Å². The highest BCUT2D eigenvalue weighted by atomic mass is 16.5. The minimum Gasteiger partial charge on any atom is -0.493 e. The van der Waals surface area contributed by atoms with Gasteiger partial charge in [-0.1, -0.05) is 60.7 Å². The molecule has 0 aliphatic carbocycles. The zero-order valence-corrected chi connectivity index (χ0v) is 14.7. The Kier molecular flexibility index (Phi) is 5.88. The average molecular weight is 347 g/mol. The van der Waals surface area contributed by atoms with Crippen molar-refractivity contribution in [1.29, 1.82) is 0 Å². The van der Waals surface area contributed by atoms with Crippen LogP contribution in [0, 0.1) is 0 Å². The van der Waals surface area contributed by atoms with Crippen molar-refractivity contribution >= 4 is 11.6 Å². The highest BCUT2D eigenvalue weighted by Gasteiger charge is 2.17. The van der Waals surface area contributed by atoms with E-state index in [0.717, 1.165) is 11.3 Å². The van der Waals surface area contributed by atoms with E-state index in [1.54, 1.807) is 24.1 Å². The molecule has 3 aromatic rings. The van der Waals surface area contributed by atoms with Gasteiger partial charge in [-0.15, -0.1) is 0 Å². The standard InChI is InChI=1S/C22H21NO3/c1-25-20-14-8-9-15-21(20)26-17-22(24)23(19-12-6-3-7-13-19)16-18-10-4-2-5-11-18/h2-15H,16-17H2,1H3. The van der Waals surface area contributed by atoms with Crippen molar-refractivity contribution in [2.45, 2.75) is 6.54 Å². The normalized spacial score (nSPS) is 10.2. The second kappa shape index (κ2) is 8.72. The topological polar surface area (TPSA) is 38.8 Å². The molecule has 0 bridgehead atoms. The summed E-state index contributed by atoms with van der Waals surface area (Å²) in [7, 11) is 1.58. The number of carbonyl (C=O) groups is 1. The maximum Gasteiger partial charge on any atom is 0.265 e. The zero-order chi connectivity index (χ0) is 18.2. The Hall–Kier alpha value is -3.27. The van der Waals surface area contributed by atoms with Gasteiger partial charge >= 0.3 is 0 Å². The first kappa shape index (κ1) is 17.5. The number of para-hydroxylation sites is 3. The molecule has 3 rings (SSSR count). The van der Waals surface area contributed by atoms with Crippen molar-refractivity contribution in [2.75, 3.05) is 18.6 Å². The highest BCUT2D eigenvalue weighted by molar-refractivity contribution is 5.94. The minimum atomic E-state index is -0.119. The molecule has 0 aliphatic heterocycles. The summed E-state index contributed by atoms with van der Waals surface area (Å²) in [6.07, 6.45) is 0. The molecule has 0 saturated carbocycles. The highest BCUT2D eigenvalue weighted by Crippen LogP contribution is 2.26. The number of ether oxygens (including phenoxy) is 2. The number of methoxy groups -OCH3 is 1. The summed E-state index contributed by atoms with van der Waals surface area (Å²) in [4.78, 5) is 14.6. The van der Waals surface area contributed by atoms with E-state index in [0.29, 0.717) is 18.0 Å². The number of benzene rings is 3. The molecule has 0 N–H and O–H groups in total. The number of anilines is 1. The first-order valence-electron chi connectivity index (χ1n) is 8.43. The van der Waals surface area contributed by atoms with E-state index in [4.69, 9.17) is 9.47 Å². The van der Waals surface area contributed by atoms with Gasteiger partial charge in [0.25, 0.3) is 5.91 Å². The summed E-state index contributed by atoms with van der Waals surface area (Å²) in [6, 6.07) is 26.8. The van der Waals surface area contributed by atoms with Gasteiger partial charge in [-0.2, -0.15) is 0 Å². The SMILES string of the molecule is COc1ccccc1OCC(=O)N(Cc1ccccc1)c1ccccc1. The quantitative estimate of drug-likeness (QED) is 0.639. The number of hydrogen-bond acceptors (Lipinski definition) is 3. The summed E-state index contributed by atoms with van der Waals surface area (Å²) in [5.74, 6) is 1.04. The van der Waals surface area contributed by atoms with E-state index < -0.39 is 0 Å². The number of rotatable bonds is 7. The Bertz CT molecular complexity index is 834. The number of carbonyl (C=O) groups excluding carboxylic acids is 1. The van der Waals surface area contributed by atoms with Crippen LogP contribution >= 0.6 is 0 Å². The molecule has 0 spiro atoms. The van der Waals surface area contributed by atoms with E-state index >= 15 is 0 Å². The lowest BCUT2D eigenvalue weighted by Crippen LogP contribution is -2.34. The molecular weight excluding hydrogens is 326 g/mol. The van der Waals surface area contributed by atoms with E-state index in [1.807, 2.05) is 72.8 Å². The first-order chi connectivity index (χ1) is 12.8. The third-order valence-electron chi connectivity index (χ3n) is 3.97. The van der Waals surface area contributed by atoms with Gasteiger partial charge in [-0.05, 0) is 29.8 Å². The third-order valence-corrected chi connectivity index (χ3v) is 3.97. The van der Waals surface area contributed by atoms with Gasteiger partial charge in [-0.3, -0.25) is 4.79 Å². The Labute approximate surface area is 153 Å². The maximum atomic E-state index is 12.9. The molecule has 1 amide bonds. The summed E-state index contributed by atoms with van der Waals surface area (Å²) in [5.41, 5.74) is 1.90. The van der Waals surface area contributed by atoms with Crippen molar-refractivity contribution in [3.63, 3.8) is 0 Å². The summed E-state index contributed by atoms with van der Waals surface area (Å²) >= 11 is 0. The number of hydrogen-bond donors (Lipinski definition) is 0. The van der Waals surface area contributed by atoms with Crippen LogP contribution < -0.4 is 14.4 Å². The predicted molar refractivity (Wildman–Crippen MR) is 103 cm³/mol. The van der Waals surface area contributed by atoms with E-state index in [-0.39, 0.29) is 12.5 Å². The van der Waals surface area contributed by atoms with Crippen LogP contribution in [0.25, 0.3) is 0 Å². The van der Waals surface area contributed by atoms with Crippen LogP contribution in [-0.2, 0) is 11.3 Å². The number of amides is 1. The van der Waals surface area contributed by atoms with Gasteiger partial charge in [0.15, 0.2) is 18.1 Å². The minimum absolute atomic E-state index is 0.0674. The van der Waals surface area contributed by atoms with Crippen molar-refractivity contribution in [3.8, 4) is 11.5 Å². The molecular formula is C22H21NO3. The van der Waals surface area contributed by atoms with Gasteiger partial charge in [0.2, 0.25) is 0 Å². The molecule has 3 aromatic carbocycles. The van der Waals surface area contributed by atoms with Gasteiger partial charge in [0.1, 0.15) is 0 Å². The van der Waals surface area contributed by atoms with Gasteiger partial charge in [-0.25, -0.2) is 0 Å². The molecule has 0 saturated heterocycles. The van der Waals surface area contributed by atoms with Crippen LogP contribution in [0.1, 0.15) is 5.56 Å². The van der Waals surface area contributed by atoms with Crippen molar-refractivity contribution in [3.05, 3.63) is 90.5 Å². The van der Waals surface area contributed by atoms with Crippen molar-refractivity contribution < 1.29 is 14.3 Å². The zero-order valence-electron chi connectivity index (χ0n) is 14.7. The van der Waals surface area contributed by atoms with E-state index in [1.165, 1.54) is 0 Å². The maximum absolute atomic E-state index is 12.9. The van der Waals surface area contributed by atoms with Crippen LogP contribution in [0.2, 0.25) is 0 Å². The summed E-state index contributed by atoms with van der Waals surface area (Å²) < 4.78 is 11.0. The monoisotopic (exact) mass is 347 g/mol. The molecule has 132 valence electrons. The van der Waals surface area contributed by atoms with E-state index in [9.17, 15) is 4.79 Å². The molecule has 0 unspecified atom stereocenters. The van der Waals surface area contributed by atoms with Gasteiger partial charge in [0.05, 0.1) is 13.7 Å². The Morgan fingerprint density at radius 1 is 0.808 bits per heavy atom.